The Balaban J connectivity index is 3.06. The number of rotatable bonds is 2. The Kier molecular flexibility index (Phi) is 3.17. The van der Waals surface area contributed by atoms with E-state index in [0.717, 1.165) is 11.3 Å². The van der Waals surface area contributed by atoms with Crippen molar-refractivity contribution in [2.24, 2.45) is 11.1 Å². The van der Waals surface area contributed by atoms with Crippen LogP contribution in [-0.2, 0) is 0 Å². The molecule has 0 aliphatic heterocycles. The largest absolute Gasteiger partial charge is 0.496 e. The maximum absolute atomic E-state index is 6.17. The normalized spacial score (nSPS) is 13.8. The molecule has 2 nitrogen and oxygen atoms in total. The Bertz CT molecular complexity index is 301. The van der Waals surface area contributed by atoms with E-state index < -0.39 is 0 Å². The SMILES string of the molecule is COc1ccccc1[C@H](N)C(C)(C)C. The van der Waals surface area contributed by atoms with Crippen molar-refractivity contribution in [2.75, 3.05) is 7.11 Å². The second-order valence-electron chi connectivity index (χ2n) is 4.59. The fourth-order valence-corrected chi connectivity index (χ4v) is 1.39. The van der Waals surface area contributed by atoms with Gasteiger partial charge in [-0.25, -0.2) is 0 Å². The number of hydrogen-bond donors (Lipinski definition) is 1. The number of hydrogen-bond acceptors (Lipinski definition) is 2. The number of methoxy groups -OCH3 is 1. The van der Waals surface area contributed by atoms with Gasteiger partial charge in [0.25, 0.3) is 0 Å². The lowest BCUT2D eigenvalue weighted by Crippen LogP contribution is -2.26. The topological polar surface area (TPSA) is 35.2 Å². The molecule has 0 bridgehead atoms. The van der Waals surface area contributed by atoms with Crippen molar-refractivity contribution in [3.63, 3.8) is 0 Å². The third-order valence-electron chi connectivity index (χ3n) is 2.41. The Morgan fingerprint density at radius 3 is 2.29 bits per heavy atom. The first kappa shape index (κ1) is 11.1. The van der Waals surface area contributed by atoms with Crippen LogP contribution in [-0.4, -0.2) is 7.11 Å². The Morgan fingerprint density at radius 2 is 1.79 bits per heavy atom. The molecule has 0 fully saturated rings. The van der Waals surface area contributed by atoms with Crippen LogP contribution in [0.2, 0.25) is 0 Å². The van der Waals surface area contributed by atoms with Crippen LogP contribution in [0, 0.1) is 5.41 Å². The first-order valence-electron chi connectivity index (χ1n) is 4.85. The molecule has 0 amide bonds. The number of para-hydroxylation sites is 1. The summed E-state index contributed by atoms with van der Waals surface area (Å²) in [5.74, 6) is 0.870. The van der Waals surface area contributed by atoms with Crippen molar-refractivity contribution < 1.29 is 4.74 Å². The van der Waals surface area contributed by atoms with Gasteiger partial charge in [0.05, 0.1) is 7.11 Å². The Hall–Kier alpha value is -1.02. The molecule has 1 atom stereocenters. The van der Waals surface area contributed by atoms with Crippen molar-refractivity contribution in [2.45, 2.75) is 26.8 Å². The summed E-state index contributed by atoms with van der Waals surface area (Å²) in [4.78, 5) is 0. The standard InChI is InChI=1S/C12H19NO/c1-12(2,3)11(13)9-7-5-6-8-10(9)14-4/h5-8,11H,13H2,1-4H3/t11-/m0/s1. The van der Waals surface area contributed by atoms with E-state index in [1.54, 1.807) is 7.11 Å². The average Bonchev–Trinajstić information content (AvgIpc) is 2.15. The summed E-state index contributed by atoms with van der Waals surface area (Å²) >= 11 is 0. The predicted octanol–water partition coefficient (Wildman–Crippen LogP) is 2.74. The lowest BCUT2D eigenvalue weighted by atomic mass is 9.83. The van der Waals surface area contributed by atoms with Crippen LogP contribution in [0.3, 0.4) is 0 Å². The molecular weight excluding hydrogens is 174 g/mol. The van der Waals surface area contributed by atoms with E-state index in [0.29, 0.717) is 0 Å². The molecule has 14 heavy (non-hydrogen) atoms. The van der Waals surface area contributed by atoms with Gasteiger partial charge in [-0.3, -0.25) is 0 Å². The fraction of sp³-hybridized carbons (Fsp3) is 0.500. The predicted molar refractivity (Wildman–Crippen MR) is 59.4 cm³/mol. The van der Waals surface area contributed by atoms with Crippen LogP contribution in [0.25, 0.3) is 0 Å². The molecule has 78 valence electrons. The Labute approximate surface area is 86.1 Å². The molecule has 0 unspecified atom stereocenters. The van der Waals surface area contributed by atoms with Crippen LogP contribution < -0.4 is 10.5 Å². The maximum Gasteiger partial charge on any atom is 0.123 e. The summed E-state index contributed by atoms with van der Waals surface area (Å²) in [6.45, 7) is 6.39. The van der Waals surface area contributed by atoms with Gasteiger partial charge in [0.2, 0.25) is 0 Å². The van der Waals surface area contributed by atoms with E-state index in [1.807, 2.05) is 24.3 Å². The number of nitrogens with two attached hydrogens (primary N) is 1. The van der Waals surface area contributed by atoms with E-state index in [9.17, 15) is 0 Å². The average molecular weight is 193 g/mol. The molecule has 2 N–H and O–H groups in total. The zero-order valence-corrected chi connectivity index (χ0v) is 9.37. The van der Waals surface area contributed by atoms with Gasteiger partial charge in [0.15, 0.2) is 0 Å². The molecule has 0 aliphatic rings. The highest BCUT2D eigenvalue weighted by Gasteiger charge is 2.24. The van der Waals surface area contributed by atoms with Gasteiger partial charge in [-0.1, -0.05) is 39.0 Å². The molecule has 0 aromatic heterocycles. The second-order valence-corrected chi connectivity index (χ2v) is 4.59. The second kappa shape index (κ2) is 4.01. The minimum absolute atomic E-state index is 0.00125. The lowest BCUT2D eigenvalue weighted by molar-refractivity contribution is 0.314. The van der Waals surface area contributed by atoms with Crippen molar-refractivity contribution in [1.29, 1.82) is 0 Å². The van der Waals surface area contributed by atoms with Gasteiger partial charge < -0.3 is 10.5 Å². The van der Waals surface area contributed by atoms with Crippen molar-refractivity contribution in [3.05, 3.63) is 29.8 Å². The molecular formula is C12H19NO. The monoisotopic (exact) mass is 193 g/mol. The van der Waals surface area contributed by atoms with Gasteiger partial charge >= 0.3 is 0 Å². The quantitative estimate of drug-likeness (QED) is 0.783. The highest BCUT2D eigenvalue weighted by Crippen LogP contribution is 2.34. The minimum Gasteiger partial charge on any atom is -0.496 e. The smallest absolute Gasteiger partial charge is 0.123 e. The molecule has 1 aromatic rings. The lowest BCUT2D eigenvalue weighted by Gasteiger charge is -2.28. The number of ether oxygens (including phenoxy) is 1. The Morgan fingerprint density at radius 1 is 1.21 bits per heavy atom. The summed E-state index contributed by atoms with van der Waals surface area (Å²) in [5.41, 5.74) is 7.29. The van der Waals surface area contributed by atoms with Crippen molar-refractivity contribution in [1.82, 2.24) is 0 Å². The van der Waals surface area contributed by atoms with Gasteiger partial charge in [-0.15, -0.1) is 0 Å². The zero-order valence-electron chi connectivity index (χ0n) is 9.37. The van der Waals surface area contributed by atoms with Gasteiger partial charge in [0, 0.05) is 11.6 Å². The fourth-order valence-electron chi connectivity index (χ4n) is 1.39. The molecule has 0 aliphatic carbocycles. The zero-order chi connectivity index (χ0) is 10.8. The minimum atomic E-state index is -0.00125. The molecule has 0 radical (unpaired) electrons. The van der Waals surface area contributed by atoms with Gasteiger partial charge in [-0.2, -0.15) is 0 Å². The van der Waals surface area contributed by atoms with Gasteiger partial charge in [-0.05, 0) is 11.5 Å². The van der Waals surface area contributed by atoms with E-state index in [4.69, 9.17) is 10.5 Å². The van der Waals surface area contributed by atoms with E-state index in [2.05, 4.69) is 20.8 Å². The maximum atomic E-state index is 6.17. The summed E-state index contributed by atoms with van der Waals surface area (Å²) < 4.78 is 5.28. The number of benzene rings is 1. The summed E-state index contributed by atoms with van der Waals surface area (Å²) in [6, 6.07) is 7.91. The third-order valence-corrected chi connectivity index (χ3v) is 2.41. The molecule has 0 saturated heterocycles. The molecule has 0 saturated carbocycles. The highest BCUT2D eigenvalue weighted by molar-refractivity contribution is 5.36. The van der Waals surface area contributed by atoms with E-state index >= 15 is 0 Å². The molecule has 0 heterocycles. The van der Waals surface area contributed by atoms with Crippen molar-refractivity contribution in [3.8, 4) is 5.75 Å². The van der Waals surface area contributed by atoms with Gasteiger partial charge in [0.1, 0.15) is 5.75 Å². The van der Waals surface area contributed by atoms with Crippen LogP contribution in [0.15, 0.2) is 24.3 Å². The first-order chi connectivity index (χ1) is 6.46. The summed E-state index contributed by atoms with van der Waals surface area (Å²) in [5, 5.41) is 0. The van der Waals surface area contributed by atoms with Crippen LogP contribution in [0.4, 0.5) is 0 Å². The molecule has 1 rings (SSSR count). The summed E-state index contributed by atoms with van der Waals surface area (Å²) in [7, 11) is 1.67. The molecule has 2 heteroatoms. The molecule has 0 spiro atoms. The van der Waals surface area contributed by atoms with Crippen LogP contribution in [0.1, 0.15) is 32.4 Å². The highest BCUT2D eigenvalue weighted by atomic mass is 16.5. The third kappa shape index (κ3) is 2.26. The first-order valence-corrected chi connectivity index (χ1v) is 4.85. The van der Waals surface area contributed by atoms with Crippen LogP contribution >= 0.6 is 0 Å². The molecule has 1 aromatic carbocycles. The van der Waals surface area contributed by atoms with Crippen LogP contribution in [0.5, 0.6) is 5.75 Å². The van der Waals surface area contributed by atoms with E-state index in [-0.39, 0.29) is 11.5 Å². The van der Waals surface area contributed by atoms with E-state index in [1.165, 1.54) is 0 Å². The van der Waals surface area contributed by atoms with Crippen molar-refractivity contribution >= 4 is 0 Å². The summed E-state index contributed by atoms with van der Waals surface area (Å²) in [6.07, 6.45) is 0.